The van der Waals surface area contributed by atoms with Gasteiger partial charge in [-0.3, -0.25) is 15.0 Å². The van der Waals surface area contributed by atoms with Crippen LogP contribution in [0.2, 0.25) is 5.02 Å². The van der Waals surface area contributed by atoms with Gasteiger partial charge in [0.2, 0.25) is 0 Å². The van der Waals surface area contributed by atoms with Gasteiger partial charge in [0, 0.05) is 31.7 Å². The maximum absolute atomic E-state index is 10.7. The Kier molecular flexibility index (Phi) is 5.99. The Balaban J connectivity index is 0.00000220. The fourth-order valence-electron chi connectivity index (χ4n) is 2.67. The Morgan fingerprint density at radius 1 is 1.52 bits per heavy atom. The van der Waals surface area contributed by atoms with Gasteiger partial charge in [0.15, 0.2) is 0 Å². The number of hydrogen-bond donors (Lipinski definition) is 1. The van der Waals surface area contributed by atoms with Crippen molar-refractivity contribution in [2.75, 3.05) is 13.1 Å². The lowest BCUT2D eigenvalue weighted by Crippen LogP contribution is -2.52. The van der Waals surface area contributed by atoms with Crippen molar-refractivity contribution >= 4 is 29.7 Å². The number of halogens is 2. The van der Waals surface area contributed by atoms with Crippen LogP contribution in [0.15, 0.2) is 18.2 Å². The van der Waals surface area contributed by atoms with E-state index in [0.717, 1.165) is 31.6 Å². The molecule has 0 bridgehead atoms. The summed E-state index contributed by atoms with van der Waals surface area (Å²) >= 11 is 5.94. The summed E-state index contributed by atoms with van der Waals surface area (Å²) in [4.78, 5) is 12.6. The molecule has 2 rings (SSSR count). The van der Waals surface area contributed by atoms with Gasteiger partial charge in [-0.2, -0.15) is 0 Å². The molecule has 1 atom stereocenters. The second kappa shape index (κ2) is 6.92. The minimum atomic E-state index is -0.463. The van der Waals surface area contributed by atoms with Gasteiger partial charge >= 0.3 is 0 Å². The molecule has 0 spiro atoms. The van der Waals surface area contributed by atoms with Gasteiger partial charge in [-0.25, -0.2) is 0 Å². The van der Waals surface area contributed by atoms with Crippen molar-refractivity contribution in [2.24, 2.45) is 11.1 Å². The van der Waals surface area contributed by atoms with E-state index in [4.69, 9.17) is 17.3 Å². The van der Waals surface area contributed by atoms with Gasteiger partial charge in [-0.15, -0.1) is 12.4 Å². The van der Waals surface area contributed by atoms with Gasteiger partial charge in [-0.1, -0.05) is 31.5 Å². The lowest BCUT2D eigenvalue weighted by Gasteiger charge is -2.42. The summed E-state index contributed by atoms with van der Waals surface area (Å²) in [7, 11) is 0. The highest BCUT2D eigenvalue weighted by Crippen LogP contribution is 2.30. The Morgan fingerprint density at radius 2 is 2.19 bits per heavy atom. The van der Waals surface area contributed by atoms with Crippen LogP contribution in [0.1, 0.15) is 25.8 Å². The molecule has 1 aliphatic rings. The third kappa shape index (κ3) is 4.30. The zero-order valence-corrected chi connectivity index (χ0v) is 13.8. The van der Waals surface area contributed by atoms with Crippen LogP contribution < -0.4 is 5.73 Å². The minimum Gasteiger partial charge on any atom is -0.327 e. The van der Waals surface area contributed by atoms with Crippen molar-refractivity contribution < 1.29 is 4.92 Å². The van der Waals surface area contributed by atoms with Crippen LogP contribution >= 0.6 is 24.0 Å². The third-order valence-electron chi connectivity index (χ3n) is 4.01. The Hall–Kier alpha value is -0.880. The summed E-state index contributed by atoms with van der Waals surface area (Å²) in [6.07, 6.45) is 0.966. The van der Waals surface area contributed by atoms with Gasteiger partial charge in [-0.05, 0) is 23.5 Å². The fourth-order valence-corrected chi connectivity index (χ4v) is 2.95. The molecule has 1 aromatic rings. The van der Waals surface area contributed by atoms with Crippen LogP contribution in [-0.2, 0) is 6.54 Å². The number of nitrogens with two attached hydrogens (primary N) is 1. The van der Waals surface area contributed by atoms with E-state index < -0.39 is 4.92 Å². The highest BCUT2D eigenvalue weighted by molar-refractivity contribution is 6.32. The second-order valence-electron chi connectivity index (χ2n) is 6.14. The van der Waals surface area contributed by atoms with E-state index in [1.165, 1.54) is 6.07 Å². The Morgan fingerprint density at radius 3 is 2.71 bits per heavy atom. The zero-order valence-electron chi connectivity index (χ0n) is 12.2. The normalized spacial score (nSPS) is 21.6. The fraction of sp³-hybridized carbons (Fsp3) is 0.571. The van der Waals surface area contributed by atoms with Crippen LogP contribution in [0, 0.1) is 15.5 Å². The van der Waals surface area contributed by atoms with Crippen molar-refractivity contribution in [3.05, 3.63) is 38.9 Å². The number of benzene rings is 1. The monoisotopic (exact) mass is 333 g/mol. The van der Waals surface area contributed by atoms with Gasteiger partial charge in [0.25, 0.3) is 5.69 Å². The molecule has 1 aromatic carbocycles. The minimum absolute atomic E-state index is 0. The number of hydrogen-bond acceptors (Lipinski definition) is 4. The van der Waals surface area contributed by atoms with E-state index in [-0.39, 0.29) is 34.6 Å². The number of nitro groups is 1. The summed E-state index contributed by atoms with van der Waals surface area (Å²) < 4.78 is 0. The molecule has 118 valence electrons. The van der Waals surface area contributed by atoms with Crippen molar-refractivity contribution in [3.8, 4) is 0 Å². The molecule has 21 heavy (non-hydrogen) atoms. The average Bonchev–Trinajstić information content (AvgIpc) is 2.33. The molecule has 1 unspecified atom stereocenters. The molecule has 0 radical (unpaired) electrons. The van der Waals surface area contributed by atoms with Crippen molar-refractivity contribution in [1.82, 2.24) is 4.90 Å². The molecular formula is C14H21Cl2N3O2. The summed E-state index contributed by atoms with van der Waals surface area (Å²) in [5.41, 5.74) is 7.16. The zero-order chi connectivity index (χ0) is 14.9. The smallest absolute Gasteiger partial charge is 0.287 e. The molecule has 5 nitrogen and oxygen atoms in total. The number of nitro benzene ring substituents is 1. The summed E-state index contributed by atoms with van der Waals surface area (Å²) in [6, 6.07) is 5.14. The molecule has 0 aromatic heterocycles. The maximum Gasteiger partial charge on any atom is 0.287 e. The lowest BCUT2D eigenvalue weighted by molar-refractivity contribution is -0.384. The van der Waals surface area contributed by atoms with Crippen LogP contribution in [0.3, 0.4) is 0 Å². The first-order chi connectivity index (χ1) is 9.29. The van der Waals surface area contributed by atoms with Gasteiger partial charge < -0.3 is 5.73 Å². The second-order valence-corrected chi connectivity index (χ2v) is 6.54. The Bertz CT molecular complexity index is 523. The first-order valence-corrected chi connectivity index (χ1v) is 7.08. The molecular weight excluding hydrogens is 313 g/mol. The standard InChI is InChI=1S/C14H20ClN3O2.ClH/c1-14(2)9-17(6-5-13(14)16)8-10-3-4-12(18(19)20)11(15)7-10;/h3-4,7,13H,5-6,8-9,16H2,1-2H3;1H. The lowest BCUT2D eigenvalue weighted by atomic mass is 9.79. The molecule has 0 amide bonds. The van der Waals surface area contributed by atoms with E-state index in [1.807, 2.05) is 0 Å². The summed E-state index contributed by atoms with van der Waals surface area (Å²) in [5.74, 6) is 0. The van der Waals surface area contributed by atoms with Gasteiger partial charge in [0.1, 0.15) is 5.02 Å². The van der Waals surface area contributed by atoms with Crippen molar-refractivity contribution in [2.45, 2.75) is 32.9 Å². The number of rotatable bonds is 3. The van der Waals surface area contributed by atoms with E-state index in [2.05, 4.69) is 18.7 Å². The Labute approximate surface area is 136 Å². The molecule has 0 aliphatic carbocycles. The van der Waals surface area contributed by atoms with E-state index in [0.29, 0.717) is 0 Å². The van der Waals surface area contributed by atoms with Crippen LogP contribution in [0.25, 0.3) is 0 Å². The SMILES string of the molecule is CC1(C)CN(Cc2ccc([N+](=O)[O-])c(Cl)c2)CCC1N.Cl. The van der Waals surface area contributed by atoms with E-state index >= 15 is 0 Å². The third-order valence-corrected chi connectivity index (χ3v) is 4.31. The highest BCUT2D eigenvalue weighted by atomic mass is 35.5. The molecule has 2 N–H and O–H groups in total. The van der Waals surface area contributed by atoms with E-state index in [1.54, 1.807) is 12.1 Å². The van der Waals surface area contributed by atoms with Crippen molar-refractivity contribution in [1.29, 1.82) is 0 Å². The average molecular weight is 334 g/mol. The molecule has 1 saturated heterocycles. The number of piperidine rings is 1. The maximum atomic E-state index is 10.7. The first kappa shape index (κ1) is 18.2. The van der Waals surface area contributed by atoms with Crippen molar-refractivity contribution in [3.63, 3.8) is 0 Å². The molecule has 1 aliphatic heterocycles. The topological polar surface area (TPSA) is 72.4 Å². The van der Waals surface area contributed by atoms with Crippen LogP contribution in [0.4, 0.5) is 5.69 Å². The number of nitrogens with zero attached hydrogens (tertiary/aromatic N) is 2. The summed E-state index contributed by atoms with van der Waals surface area (Å²) in [5, 5.41) is 10.9. The highest BCUT2D eigenvalue weighted by Gasteiger charge is 2.33. The van der Waals surface area contributed by atoms with Crippen LogP contribution in [0.5, 0.6) is 0 Å². The van der Waals surface area contributed by atoms with Crippen LogP contribution in [-0.4, -0.2) is 29.0 Å². The number of likely N-dealkylation sites (tertiary alicyclic amines) is 1. The first-order valence-electron chi connectivity index (χ1n) is 6.70. The molecule has 7 heteroatoms. The molecule has 1 fully saturated rings. The largest absolute Gasteiger partial charge is 0.327 e. The molecule has 0 saturated carbocycles. The predicted octanol–water partition coefficient (Wildman–Crippen LogP) is 3.23. The van der Waals surface area contributed by atoms with Gasteiger partial charge in [0.05, 0.1) is 4.92 Å². The summed E-state index contributed by atoms with van der Waals surface area (Å²) in [6.45, 7) is 6.95. The van der Waals surface area contributed by atoms with E-state index in [9.17, 15) is 10.1 Å². The quantitative estimate of drug-likeness (QED) is 0.680. The predicted molar refractivity (Wildman–Crippen MR) is 87.0 cm³/mol. The molecule has 1 heterocycles.